The first-order valence-corrected chi connectivity index (χ1v) is 10.2. The fraction of sp³-hybridized carbons (Fsp3) is 0.474. The second kappa shape index (κ2) is 8.98. The van der Waals surface area contributed by atoms with Crippen molar-refractivity contribution >= 4 is 45.8 Å². The van der Waals surface area contributed by atoms with Crippen molar-refractivity contribution in [3.05, 3.63) is 35.1 Å². The Labute approximate surface area is 174 Å². The number of carbonyl (C=O) groups excluding carboxylic acids is 1. The molecule has 0 saturated carbocycles. The number of carbonyl (C=O) groups is 1. The first-order chi connectivity index (χ1) is 13.1. The molecule has 0 aromatic carbocycles. The van der Waals surface area contributed by atoms with Gasteiger partial charge in [-0.05, 0) is 43.8 Å². The summed E-state index contributed by atoms with van der Waals surface area (Å²) in [4.78, 5) is 22.7. The minimum atomic E-state index is -0.188. The number of nitrogens with zero attached hydrogens (tertiary/aromatic N) is 4. The van der Waals surface area contributed by atoms with Gasteiger partial charge in [0, 0.05) is 29.2 Å². The van der Waals surface area contributed by atoms with Gasteiger partial charge >= 0.3 is 0 Å². The Morgan fingerprint density at radius 3 is 2.82 bits per heavy atom. The van der Waals surface area contributed by atoms with Crippen LogP contribution in [0.3, 0.4) is 0 Å². The van der Waals surface area contributed by atoms with Crippen LogP contribution >= 0.6 is 23.7 Å². The number of hydrogen-bond donors (Lipinski definition) is 2. The van der Waals surface area contributed by atoms with Crippen LogP contribution in [0.1, 0.15) is 47.8 Å². The lowest BCUT2D eigenvalue weighted by molar-refractivity contribution is 0.102. The first kappa shape index (κ1) is 20.7. The van der Waals surface area contributed by atoms with Crippen LogP contribution in [0, 0.1) is 5.92 Å². The summed E-state index contributed by atoms with van der Waals surface area (Å²) in [5.41, 5.74) is 1.33. The van der Waals surface area contributed by atoms with E-state index < -0.39 is 0 Å². The molecule has 3 aromatic rings. The van der Waals surface area contributed by atoms with Crippen LogP contribution in [-0.4, -0.2) is 38.7 Å². The fourth-order valence-electron chi connectivity index (χ4n) is 3.38. The number of hydrogen-bond acceptors (Lipinski definition) is 6. The summed E-state index contributed by atoms with van der Waals surface area (Å²) < 4.78 is 1.88. The molecule has 1 amide bonds. The van der Waals surface area contributed by atoms with E-state index in [-0.39, 0.29) is 18.3 Å². The molecule has 0 unspecified atom stereocenters. The molecule has 3 aromatic heterocycles. The summed E-state index contributed by atoms with van der Waals surface area (Å²) in [5, 5.41) is 12.2. The Hall–Kier alpha value is -2.03. The molecule has 2 N–H and O–H groups in total. The fourth-order valence-corrected chi connectivity index (χ4v) is 4.36. The lowest BCUT2D eigenvalue weighted by Gasteiger charge is -2.20. The number of fused-ring (bicyclic) bond motifs is 1. The van der Waals surface area contributed by atoms with Crippen LogP contribution in [0.2, 0.25) is 0 Å². The van der Waals surface area contributed by atoms with Gasteiger partial charge in [0.25, 0.3) is 5.91 Å². The van der Waals surface area contributed by atoms with Gasteiger partial charge in [-0.25, -0.2) is 14.6 Å². The van der Waals surface area contributed by atoms with E-state index in [1.165, 1.54) is 4.88 Å². The minimum absolute atomic E-state index is 0. The number of anilines is 1. The van der Waals surface area contributed by atoms with Crippen LogP contribution in [0.25, 0.3) is 11.0 Å². The van der Waals surface area contributed by atoms with Crippen LogP contribution in [0.4, 0.5) is 5.13 Å². The van der Waals surface area contributed by atoms with Gasteiger partial charge in [-0.2, -0.15) is 5.10 Å². The highest BCUT2D eigenvalue weighted by atomic mass is 35.5. The van der Waals surface area contributed by atoms with E-state index >= 15 is 0 Å². The SMILES string of the molecule is CC(C)Cn1ncc2cc(C(=O)Nc3ncc(C4CCNCC4)s3)cnc21.Cl. The van der Waals surface area contributed by atoms with Gasteiger partial charge < -0.3 is 5.32 Å². The van der Waals surface area contributed by atoms with Crippen LogP contribution in [-0.2, 0) is 6.54 Å². The number of amides is 1. The maximum absolute atomic E-state index is 12.6. The van der Waals surface area contributed by atoms with Crippen molar-refractivity contribution in [3.63, 3.8) is 0 Å². The third-order valence-corrected chi connectivity index (χ3v) is 5.84. The Kier molecular flexibility index (Phi) is 6.64. The van der Waals surface area contributed by atoms with Crippen molar-refractivity contribution in [2.75, 3.05) is 18.4 Å². The van der Waals surface area contributed by atoms with E-state index in [4.69, 9.17) is 0 Å². The van der Waals surface area contributed by atoms with Crippen molar-refractivity contribution in [2.24, 2.45) is 5.92 Å². The highest BCUT2D eigenvalue weighted by molar-refractivity contribution is 7.15. The van der Waals surface area contributed by atoms with Crippen LogP contribution in [0.15, 0.2) is 24.7 Å². The van der Waals surface area contributed by atoms with Gasteiger partial charge in [0.15, 0.2) is 10.8 Å². The molecule has 0 bridgehead atoms. The number of aromatic nitrogens is 4. The molecule has 1 aliphatic rings. The topological polar surface area (TPSA) is 84.7 Å². The summed E-state index contributed by atoms with van der Waals surface area (Å²) in [6.07, 6.45) is 7.51. The van der Waals surface area contributed by atoms with Gasteiger partial charge in [0.05, 0.1) is 11.8 Å². The van der Waals surface area contributed by atoms with Crippen LogP contribution in [0.5, 0.6) is 0 Å². The van der Waals surface area contributed by atoms with Crippen molar-refractivity contribution in [1.82, 2.24) is 25.1 Å². The third-order valence-electron chi connectivity index (χ3n) is 4.76. The average Bonchev–Trinajstić information content (AvgIpc) is 3.29. The molecule has 0 atom stereocenters. The lowest BCUT2D eigenvalue weighted by atomic mass is 9.97. The third kappa shape index (κ3) is 4.51. The molecule has 28 heavy (non-hydrogen) atoms. The molecule has 0 spiro atoms. The normalized spacial score (nSPS) is 15.0. The molecule has 0 radical (unpaired) electrons. The molecule has 4 heterocycles. The summed E-state index contributed by atoms with van der Waals surface area (Å²) in [6.45, 7) is 7.17. The highest BCUT2D eigenvalue weighted by Gasteiger charge is 2.19. The van der Waals surface area contributed by atoms with Crippen molar-refractivity contribution < 1.29 is 4.79 Å². The van der Waals surface area contributed by atoms with Gasteiger partial charge in [0.2, 0.25) is 0 Å². The second-order valence-corrected chi connectivity index (χ2v) is 8.47. The zero-order chi connectivity index (χ0) is 18.8. The first-order valence-electron chi connectivity index (χ1n) is 9.39. The van der Waals surface area contributed by atoms with Crippen molar-refractivity contribution in [2.45, 2.75) is 39.2 Å². The molecule has 0 aliphatic carbocycles. The molecule has 1 aliphatic heterocycles. The van der Waals surface area contributed by atoms with Crippen LogP contribution < -0.4 is 10.6 Å². The molecule has 9 heteroatoms. The lowest BCUT2D eigenvalue weighted by Crippen LogP contribution is -2.26. The average molecular weight is 421 g/mol. The zero-order valence-electron chi connectivity index (χ0n) is 16.0. The van der Waals surface area contributed by atoms with E-state index in [2.05, 4.69) is 39.5 Å². The van der Waals surface area contributed by atoms with Gasteiger partial charge in [-0.15, -0.1) is 23.7 Å². The number of thiazole rings is 1. The Bertz CT molecular complexity index is 947. The van der Waals surface area contributed by atoms with Gasteiger partial charge in [-0.1, -0.05) is 13.8 Å². The van der Waals surface area contributed by atoms with Gasteiger partial charge in [0.1, 0.15) is 0 Å². The summed E-state index contributed by atoms with van der Waals surface area (Å²) in [5.74, 6) is 0.836. The summed E-state index contributed by atoms with van der Waals surface area (Å²) in [6, 6.07) is 1.84. The van der Waals surface area contributed by atoms with E-state index in [9.17, 15) is 4.79 Å². The number of rotatable bonds is 5. The molecule has 7 nitrogen and oxygen atoms in total. The predicted molar refractivity (Wildman–Crippen MR) is 115 cm³/mol. The molecule has 1 fully saturated rings. The zero-order valence-corrected chi connectivity index (χ0v) is 17.6. The molecule has 4 rings (SSSR count). The number of pyridine rings is 1. The van der Waals surface area contributed by atoms with E-state index in [0.717, 1.165) is 43.5 Å². The summed E-state index contributed by atoms with van der Waals surface area (Å²) >= 11 is 1.57. The predicted octanol–water partition coefficient (Wildman–Crippen LogP) is 3.68. The summed E-state index contributed by atoms with van der Waals surface area (Å²) in [7, 11) is 0. The number of piperidine rings is 1. The highest BCUT2D eigenvalue weighted by Crippen LogP contribution is 2.31. The largest absolute Gasteiger partial charge is 0.317 e. The Morgan fingerprint density at radius 2 is 2.07 bits per heavy atom. The van der Waals surface area contributed by atoms with Crippen molar-refractivity contribution in [1.29, 1.82) is 0 Å². The second-order valence-electron chi connectivity index (χ2n) is 7.40. The van der Waals surface area contributed by atoms with Gasteiger partial charge in [-0.3, -0.25) is 10.1 Å². The quantitative estimate of drug-likeness (QED) is 0.657. The standard InChI is InChI=1S/C19H24N6OS.ClH/c1-12(2)11-25-17-14(9-23-25)7-15(8-21-17)18(26)24-19-22-10-16(27-19)13-3-5-20-6-4-13;/h7-10,12-13,20H,3-6,11H2,1-2H3,(H,22,24,26);1H. The maximum Gasteiger partial charge on any atom is 0.259 e. The maximum atomic E-state index is 12.6. The molecule has 150 valence electrons. The van der Waals surface area contributed by atoms with E-state index in [1.807, 2.05) is 16.9 Å². The smallest absolute Gasteiger partial charge is 0.259 e. The Balaban J connectivity index is 0.00000225. The molecule has 1 saturated heterocycles. The minimum Gasteiger partial charge on any atom is -0.317 e. The number of nitrogens with one attached hydrogen (secondary N) is 2. The molecular weight excluding hydrogens is 396 g/mol. The van der Waals surface area contributed by atoms with E-state index in [0.29, 0.717) is 22.5 Å². The monoisotopic (exact) mass is 420 g/mol. The number of halogens is 1. The Morgan fingerprint density at radius 1 is 1.29 bits per heavy atom. The van der Waals surface area contributed by atoms with E-state index in [1.54, 1.807) is 23.7 Å². The van der Waals surface area contributed by atoms with Crippen molar-refractivity contribution in [3.8, 4) is 0 Å². The molecular formula is C19H25ClN6OS.